The molecule has 170 valence electrons. The van der Waals surface area contributed by atoms with E-state index in [0.717, 1.165) is 42.0 Å². The lowest BCUT2D eigenvalue weighted by Gasteiger charge is -2.25. The van der Waals surface area contributed by atoms with Gasteiger partial charge in [0.25, 0.3) is 0 Å². The van der Waals surface area contributed by atoms with Crippen LogP contribution in [0.4, 0.5) is 10.2 Å². The topological polar surface area (TPSA) is 86.3 Å². The second-order valence-electron chi connectivity index (χ2n) is 8.09. The van der Waals surface area contributed by atoms with Gasteiger partial charge in [-0.1, -0.05) is 0 Å². The van der Waals surface area contributed by atoms with Crippen molar-refractivity contribution >= 4 is 11.5 Å². The molecule has 1 aliphatic rings. The molecule has 1 unspecified atom stereocenters. The summed E-state index contributed by atoms with van der Waals surface area (Å²) in [6.07, 6.45) is 14.1. The van der Waals surface area contributed by atoms with Crippen LogP contribution < -0.4 is 9.64 Å². The molecule has 1 aliphatic heterocycles. The van der Waals surface area contributed by atoms with Gasteiger partial charge in [0.1, 0.15) is 23.1 Å². The molecular formula is C24H21FN8O. The molecule has 6 heterocycles. The van der Waals surface area contributed by atoms with Gasteiger partial charge in [0.2, 0.25) is 0 Å². The molecule has 6 rings (SSSR count). The molecule has 1 fully saturated rings. The number of ether oxygens (including phenoxy) is 1. The monoisotopic (exact) mass is 456 g/mol. The quantitative estimate of drug-likeness (QED) is 0.397. The zero-order valence-electron chi connectivity index (χ0n) is 18.4. The molecule has 1 atom stereocenters. The van der Waals surface area contributed by atoms with E-state index >= 15 is 0 Å². The number of rotatable bonds is 5. The Balaban J connectivity index is 1.36. The summed E-state index contributed by atoms with van der Waals surface area (Å²) < 4.78 is 23.2. The summed E-state index contributed by atoms with van der Waals surface area (Å²) in [4.78, 5) is 15.5. The van der Waals surface area contributed by atoms with Gasteiger partial charge in [-0.2, -0.15) is 10.2 Å². The Morgan fingerprint density at radius 1 is 1.09 bits per heavy atom. The maximum absolute atomic E-state index is 14.5. The molecule has 0 aromatic carbocycles. The Morgan fingerprint density at radius 3 is 2.91 bits per heavy atom. The second-order valence-corrected chi connectivity index (χ2v) is 8.09. The van der Waals surface area contributed by atoms with E-state index < -0.39 is 0 Å². The summed E-state index contributed by atoms with van der Waals surface area (Å²) >= 11 is 0. The van der Waals surface area contributed by atoms with Gasteiger partial charge < -0.3 is 9.64 Å². The van der Waals surface area contributed by atoms with Crippen LogP contribution in [-0.2, 0) is 0 Å². The van der Waals surface area contributed by atoms with Gasteiger partial charge in [-0.15, -0.1) is 0 Å². The minimum Gasteiger partial charge on any atom is -0.495 e. The van der Waals surface area contributed by atoms with E-state index in [2.05, 4.69) is 25.1 Å². The van der Waals surface area contributed by atoms with Crippen molar-refractivity contribution in [1.82, 2.24) is 34.3 Å². The fraction of sp³-hybridized carbons (Fsp3) is 0.208. The fourth-order valence-electron chi connectivity index (χ4n) is 4.43. The zero-order valence-corrected chi connectivity index (χ0v) is 18.4. The van der Waals surface area contributed by atoms with E-state index in [4.69, 9.17) is 9.72 Å². The number of pyridine rings is 2. The first-order valence-electron chi connectivity index (χ1n) is 11.0. The van der Waals surface area contributed by atoms with Crippen molar-refractivity contribution < 1.29 is 9.13 Å². The Labute approximate surface area is 194 Å². The van der Waals surface area contributed by atoms with E-state index in [1.165, 1.54) is 6.07 Å². The van der Waals surface area contributed by atoms with Gasteiger partial charge >= 0.3 is 0 Å². The maximum Gasteiger partial charge on any atom is 0.183 e. The summed E-state index contributed by atoms with van der Waals surface area (Å²) in [5.41, 5.74) is 3.64. The molecule has 34 heavy (non-hydrogen) atoms. The number of anilines is 1. The third-order valence-electron chi connectivity index (χ3n) is 6.10. The van der Waals surface area contributed by atoms with Crippen LogP contribution in [0.25, 0.3) is 22.5 Å². The Morgan fingerprint density at radius 2 is 2.03 bits per heavy atom. The van der Waals surface area contributed by atoms with Gasteiger partial charge in [0, 0.05) is 42.5 Å². The second kappa shape index (κ2) is 8.22. The molecular weight excluding hydrogens is 435 g/mol. The van der Waals surface area contributed by atoms with Crippen molar-refractivity contribution in [2.24, 2.45) is 0 Å². The van der Waals surface area contributed by atoms with Crippen LogP contribution in [0.5, 0.6) is 5.75 Å². The molecule has 0 saturated carbocycles. The van der Waals surface area contributed by atoms with Gasteiger partial charge in [-0.05, 0) is 37.1 Å². The molecule has 10 heteroatoms. The average molecular weight is 456 g/mol. The lowest BCUT2D eigenvalue weighted by atomic mass is 10.1. The van der Waals surface area contributed by atoms with E-state index in [9.17, 15) is 4.39 Å². The van der Waals surface area contributed by atoms with Gasteiger partial charge in [0.05, 0.1) is 37.4 Å². The highest BCUT2D eigenvalue weighted by molar-refractivity contribution is 5.65. The lowest BCUT2D eigenvalue weighted by molar-refractivity contribution is 0.413. The number of fused-ring (bicyclic) bond motifs is 1. The van der Waals surface area contributed by atoms with Crippen molar-refractivity contribution in [3.63, 3.8) is 0 Å². The molecule has 0 bridgehead atoms. The largest absolute Gasteiger partial charge is 0.495 e. The average Bonchev–Trinajstić information content (AvgIpc) is 3.63. The van der Waals surface area contributed by atoms with E-state index in [-0.39, 0.29) is 11.9 Å². The SMILES string of the molecule is COc1cncc(-c2cnn(-c3cnn4ccc(N5CCCC5c5ncccc5F)nc34)c2)c1. The highest BCUT2D eigenvalue weighted by atomic mass is 19.1. The number of halogens is 1. The third kappa shape index (κ3) is 3.43. The molecule has 5 aromatic heterocycles. The molecule has 0 spiro atoms. The zero-order chi connectivity index (χ0) is 23.1. The van der Waals surface area contributed by atoms with E-state index in [0.29, 0.717) is 17.1 Å². The lowest BCUT2D eigenvalue weighted by Crippen LogP contribution is -2.25. The Hall–Kier alpha value is -4.34. The summed E-state index contributed by atoms with van der Waals surface area (Å²) in [6.45, 7) is 0.780. The predicted octanol–water partition coefficient (Wildman–Crippen LogP) is 3.86. The smallest absolute Gasteiger partial charge is 0.183 e. The van der Waals surface area contributed by atoms with Crippen LogP contribution >= 0.6 is 0 Å². The maximum atomic E-state index is 14.5. The van der Waals surface area contributed by atoms with Crippen molar-refractivity contribution in [2.45, 2.75) is 18.9 Å². The Kier molecular flexibility index (Phi) is 4.90. The first kappa shape index (κ1) is 20.3. The summed E-state index contributed by atoms with van der Waals surface area (Å²) in [7, 11) is 1.61. The van der Waals surface area contributed by atoms with Gasteiger partial charge in [-0.3, -0.25) is 9.97 Å². The summed E-state index contributed by atoms with van der Waals surface area (Å²) in [6, 6.07) is 6.72. The number of hydrogen-bond donors (Lipinski definition) is 0. The molecule has 0 amide bonds. The van der Waals surface area contributed by atoms with Crippen LogP contribution in [0.1, 0.15) is 24.6 Å². The van der Waals surface area contributed by atoms with Crippen LogP contribution in [0.2, 0.25) is 0 Å². The van der Waals surface area contributed by atoms with Crippen LogP contribution in [-0.4, -0.2) is 48.0 Å². The molecule has 0 N–H and O–H groups in total. The molecule has 0 radical (unpaired) electrons. The van der Waals surface area contributed by atoms with Crippen molar-refractivity contribution in [2.75, 3.05) is 18.6 Å². The first-order valence-corrected chi connectivity index (χ1v) is 11.0. The van der Waals surface area contributed by atoms with Crippen LogP contribution in [0, 0.1) is 5.82 Å². The fourth-order valence-corrected chi connectivity index (χ4v) is 4.43. The van der Waals surface area contributed by atoms with Gasteiger partial charge in [0.15, 0.2) is 5.65 Å². The number of nitrogens with zero attached hydrogens (tertiary/aromatic N) is 8. The van der Waals surface area contributed by atoms with Crippen LogP contribution in [0.3, 0.4) is 0 Å². The summed E-state index contributed by atoms with van der Waals surface area (Å²) in [5.74, 6) is 1.14. The normalized spacial score (nSPS) is 15.8. The molecule has 9 nitrogen and oxygen atoms in total. The molecule has 0 aliphatic carbocycles. The molecule has 5 aromatic rings. The van der Waals surface area contributed by atoms with Crippen molar-refractivity contribution in [3.8, 4) is 22.6 Å². The number of methoxy groups -OCH3 is 1. The third-order valence-corrected chi connectivity index (χ3v) is 6.10. The molecule has 1 saturated heterocycles. The van der Waals surface area contributed by atoms with Gasteiger partial charge in [-0.25, -0.2) is 18.6 Å². The van der Waals surface area contributed by atoms with E-state index in [1.807, 2.05) is 24.5 Å². The predicted molar refractivity (Wildman–Crippen MR) is 123 cm³/mol. The Bertz CT molecular complexity index is 1480. The summed E-state index contributed by atoms with van der Waals surface area (Å²) in [5, 5.41) is 8.96. The highest BCUT2D eigenvalue weighted by Crippen LogP contribution is 2.35. The number of hydrogen-bond acceptors (Lipinski definition) is 7. The minimum atomic E-state index is -0.290. The number of aromatic nitrogens is 7. The minimum absolute atomic E-state index is 0.153. The van der Waals surface area contributed by atoms with E-state index in [1.54, 1.807) is 53.4 Å². The van der Waals surface area contributed by atoms with Crippen LogP contribution in [0.15, 0.2) is 67.6 Å². The van der Waals surface area contributed by atoms with Crippen molar-refractivity contribution in [3.05, 3.63) is 79.2 Å². The standard InChI is InChI=1S/C24H21FN8O/c1-34-18-10-16(11-26-13-18)17-12-28-33(15-17)21-14-29-32-9-6-22(30-24(21)32)31-8-3-5-20(31)23-19(25)4-2-7-27-23/h2,4,6-7,9-15,20H,3,5,8H2,1H3. The van der Waals surface area contributed by atoms with Crippen molar-refractivity contribution in [1.29, 1.82) is 0 Å². The first-order chi connectivity index (χ1) is 16.7. The highest BCUT2D eigenvalue weighted by Gasteiger charge is 2.30.